The highest BCUT2D eigenvalue weighted by Gasteiger charge is 2.08. The molecule has 0 unspecified atom stereocenters. The molecule has 0 bridgehead atoms. The van der Waals surface area contributed by atoms with Crippen LogP contribution in [0.1, 0.15) is 0 Å². The molecule has 0 spiro atoms. The summed E-state index contributed by atoms with van der Waals surface area (Å²) in [5.74, 6) is 0. The first kappa shape index (κ1) is 13.9. The van der Waals surface area contributed by atoms with E-state index in [1.807, 2.05) is 0 Å². The summed E-state index contributed by atoms with van der Waals surface area (Å²) in [5.41, 5.74) is -0.304. The van der Waals surface area contributed by atoms with Gasteiger partial charge in [-0.25, -0.2) is 13.6 Å². The largest absolute Gasteiger partial charge is 0.269 e. The molecular formula is C6H7N3O6S. The van der Waals surface area contributed by atoms with E-state index < -0.39 is 20.7 Å². The van der Waals surface area contributed by atoms with E-state index in [1.54, 1.807) is 0 Å². The number of hydrogen-bond donors (Lipinski definition) is 2. The quantitative estimate of drug-likeness (QED) is 0.427. The van der Waals surface area contributed by atoms with E-state index in [1.165, 1.54) is 0 Å². The highest BCUT2D eigenvalue weighted by Crippen LogP contribution is 2.16. The standard InChI is InChI=1S/C6H4N2O4.H3NO2S/c9-7(10)5-1-2-6(4-3-5)8(11)12;1-4(2)3/h1-4H;4H,(H2,1,2,3). The van der Waals surface area contributed by atoms with Gasteiger partial charge >= 0.3 is 0 Å². The second-order valence-electron chi connectivity index (χ2n) is 2.32. The predicted octanol–water partition coefficient (Wildman–Crippen LogP) is -0.0255. The fourth-order valence-corrected chi connectivity index (χ4v) is 0.696. The Kier molecular flexibility index (Phi) is 5.59. The Balaban J connectivity index is 0.000000487. The molecule has 88 valence electrons. The van der Waals surface area contributed by atoms with Gasteiger partial charge in [0.05, 0.1) is 9.85 Å². The van der Waals surface area contributed by atoms with Gasteiger partial charge in [0.2, 0.25) is 0 Å². The molecule has 0 amide bonds. The second kappa shape index (κ2) is 6.42. The molecule has 0 saturated carbocycles. The van der Waals surface area contributed by atoms with Gasteiger partial charge in [0.25, 0.3) is 11.4 Å². The number of nitro benzene ring substituents is 2. The van der Waals surface area contributed by atoms with E-state index in [-0.39, 0.29) is 11.4 Å². The van der Waals surface area contributed by atoms with E-state index in [4.69, 9.17) is 8.42 Å². The first-order valence-corrected chi connectivity index (χ1v) is 4.87. The molecule has 0 fully saturated rings. The minimum Gasteiger partial charge on any atom is -0.258 e. The van der Waals surface area contributed by atoms with Crippen LogP contribution in [-0.2, 0) is 10.9 Å². The van der Waals surface area contributed by atoms with E-state index in [0.29, 0.717) is 0 Å². The number of benzene rings is 1. The molecule has 2 N–H and O–H groups in total. The van der Waals surface area contributed by atoms with Gasteiger partial charge in [0.1, 0.15) is 0 Å². The molecule has 9 nitrogen and oxygen atoms in total. The van der Waals surface area contributed by atoms with Gasteiger partial charge in [0.15, 0.2) is 10.9 Å². The van der Waals surface area contributed by atoms with Crippen molar-refractivity contribution in [3.8, 4) is 0 Å². The zero-order valence-electron chi connectivity index (χ0n) is 7.68. The summed E-state index contributed by atoms with van der Waals surface area (Å²) in [6.07, 6.45) is 0. The Morgan fingerprint density at radius 2 is 1.12 bits per heavy atom. The first-order chi connectivity index (χ1) is 7.34. The van der Waals surface area contributed by atoms with E-state index in [9.17, 15) is 20.2 Å². The number of non-ortho nitro benzene ring substituents is 2. The van der Waals surface area contributed by atoms with Crippen LogP contribution in [0.2, 0.25) is 0 Å². The normalized spacial score (nSPS) is 9.12. The number of thiol groups is 1. The predicted molar refractivity (Wildman–Crippen MR) is 54.3 cm³/mol. The number of hydrogen-bond acceptors (Lipinski definition) is 6. The van der Waals surface area contributed by atoms with Crippen molar-refractivity contribution in [3.63, 3.8) is 0 Å². The highest BCUT2D eigenvalue weighted by atomic mass is 32.2. The number of nitrogens with zero attached hydrogens (tertiary/aromatic N) is 2. The number of rotatable bonds is 2. The minimum absolute atomic E-state index is 0.152. The summed E-state index contributed by atoms with van der Waals surface area (Å²) in [6.45, 7) is 0. The van der Waals surface area contributed by atoms with Crippen LogP contribution in [0, 0.1) is 20.2 Å². The van der Waals surface area contributed by atoms with Gasteiger partial charge < -0.3 is 0 Å². The molecule has 0 saturated heterocycles. The maximum absolute atomic E-state index is 10.1. The van der Waals surface area contributed by atoms with Gasteiger partial charge in [-0.1, -0.05) is 0 Å². The van der Waals surface area contributed by atoms with Crippen LogP contribution >= 0.6 is 0 Å². The third kappa shape index (κ3) is 5.62. The minimum atomic E-state index is -2.62. The third-order valence-corrected chi connectivity index (χ3v) is 1.27. The molecule has 1 aromatic carbocycles. The van der Waals surface area contributed by atoms with Crippen LogP contribution in [-0.4, -0.2) is 18.3 Å². The van der Waals surface area contributed by atoms with Crippen molar-refractivity contribution in [2.24, 2.45) is 5.14 Å². The van der Waals surface area contributed by atoms with Crippen molar-refractivity contribution in [2.45, 2.75) is 0 Å². The maximum atomic E-state index is 10.1. The number of nitro groups is 2. The fourth-order valence-electron chi connectivity index (χ4n) is 0.696. The Morgan fingerprint density at radius 3 is 1.25 bits per heavy atom. The van der Waals surface area contributed by atoms with Crippen molar-refractivity contribution in [1.29, 1.82) is 0 Å². The van der Waals surface area contributed by atoms with Crippen molar-refractivity contribution in [1.82, 2.24) is 0 Å². The Hall–Kier alpha value is -2.07. The molecule has 0 aromatic heterocycles. The first-order valence-electron chi connectivity index (χ1n) is 3.62. The third-order valence-electron chi connectivity index (χ3n) is 1.27. The Labute approximate surface area is 90.9 Å². The maximum Gasteiger partial charge on any atom is 0.269 e. The smallest absolute Gasteiger partial charge is 0.258 e. The molecule has 0 aliphatic carbocycles. The lowest BCUT2D eigenvalue weighted by Gasteiger charge is -1.90. The average Bonchev–Trinajstić information content (AvgIpc) is 2.17. The zero-order chi connectivity index (χ0) is 12.7. The van der Waals surface area contributed by atoms with Crippen molar-refractivity contribution in [3.05, 3.63) is 44.5 Å². The molecule has 0 heterocycles. The average molecular weight is 249 g/mol. The van der Waals surface area contributed by atoms with Crippen molar-refractivity contribution >= 4 is 22.3 Å². The molecule has 0 atom stereocenters. The summed E-state index contributed by atoms with van der Waals surface area (Å²) in [5, 5.41) is 24.3. The Bertz CT molecular complexity index is 413. The zero-order valence-corrected chi connectivity index (χ0v) is 8.57. The van der Waals surface area contributed by atoms with E-state index in [0.717, 1.165) is 24.3 Å². The Morgan fingerprint density at radius 1 is 0.938 bits per heavy atom. The monoisotopic (exact) mass is 249 g/mol. The summed E-state index contributed by atoms with van der Waals surface area (Å²) < 4.78 is 17.6. The van der Waals surface area contributed by atoms with Gasteiger partial charge in [-0.15, -0.1) is 0 Å². The van der Waals surface area contributed by atoms with Crippen LogP contribution in [0.25, 0.3) is 0 Å². The molecule has 0 aliphatic rings. The molecule has 16 heavy (non-hydrogen) atoms. The lowest BCUT2D eigenvalue weighted by molar-refractivity contribution is -0.389. The molecule has 0 aliphatic heterocycles. The molecule has 1 aromatic rings. The SMILES string of the molecule is N[SH](=O)=O.O=[N+]([O-])c1ccc([N+](=O)[O-])cc1. The summed E-state index contributed by atoms with van der Waals surface area (Å²) in [7, 11) is -2.62. The highest BCUT2D eigenvalue weighted by molar-refractivity contribution is 7.69. The summed E-state index contributed by atoms with van der Waals surface area (Å²) in [6, 6.07) is 4.38. The van der Waals surface area contributed by atoms with Crippen LogP contribution < -0.4 is 5.14 Å². The molecular weight excluding hydrogens is 242 g/mol. The summed E-state index contributed by atoms with van der Waals surface area (Å²) >= 11 is 0. The molecule has 0 radical (unpaired) electrons. The van der Waals surface area contributed by atoms with Crippen LogP contribution in [0.3, 0.4) is 0 Å². The number of nitrogens with two attached hydrogens (primary N) is 1. The van der Waals surface area contributed by atoms with Crippen molar-refractivity contribution in [2.75, 3.05) is 0 Å². The fraction of sp³-hybridized carbons (Fsp3) is 0. The molecule has 10 heteroatoms. The summed E-state index contributed by atoms with van der Waals surface area (Å²) in [4.78, 5) is 19.0. The second-order valence-corrected chi connectivity index (χ2v) is 2.89. The van der Waals surface area contributed by atoms with Gasteiger partial charge in [-0.3, -0.25) is 20.2 Å². The van der Waals surface area contributed by atoms with Crippen LogP contribution in [0.4, 0.5) is 11.4 Å². The van der Waals surface area contributed by atoms with Gasteiger partial charge in [-0.05, 0) is 0 Å². The van der Waals surface area contributed by atoms with Gasteiger partial charge in [0, 0.05) is 24.3 Å². The lowest BCUT2D eigenvalue weighted by Crippen LogP contribution is -1.90. The topological polar surface area (TPSA) is 146 Å². The van der Waals surface area contributed by atoms with Crippen molar-refractivity contribution < 1.29 is 18.3 Å². The van der Waals surface area contributed by atoms with E-state index >= 15 is 0 Å². The van der Waals surface area contributed by atoms with E-state index in [2.05, 4.69) is 5.14 Å². The van der Waals surface area contributed by atoms with Crippen LogP contribution in [0.15, 0.2) is 24.3 Å². The van der Waals surface area contributed by atoms with Crippen LogP contribution in [0.5, 0.6) is 0 Å². The lowest BCUT2D eigenvalue weighted by atomic mass is 10.3. The van der Waals surface area contributed by atoms with Gasteiger partial charge in [-0.2, -0.15) is 0 Å². The molecule has 1 rings (SSSR count).